The van der Waals surface area contributed by atoms with Crippen molar-refractivity contribution in [2.24, 2.45) is 5.10 Å². The molecule has 1 N–H and O–H groups in total. The van der Waals surface area contributed by atoms with Crippen molar-refractivity contribution in [3.8, 4) is 0 Å². The van der Waals surface area contributed by atoms with Gasteiger partial charge in [0.15, 0.2) is 0 Å². The van der Waals surface area contributed by atoms with E-state index in [4.69, 9.17) is 11.6 Å². The zero-order chi connectivity index (χ0) is 13.8. The van der Waals surface area contributed by atoms with Crippen LogP contribution >= 0.6 is 22.9 Å². The predicted molar refractivity (Wildman–Crippen MR) is 78.1 cm³/mol. The van der Waals surface area contributed by atoms with Crippen molar-refractivity contribution in [1.82, 2.24) is 10.4 Å². The van der Waals surface area contributed by atoms with E-state index in [0.717, 1.165) is 16.3 Å². The minimum atomic E-state index is -0.249. The van der Waals surface area contributed by atoms with Crippen molar-refractivity contribution in [1.29, 1.82) is 0 Å². The first-order valence-electron chi connectivity index (χ1n) is 5.59. The Hall–Kier alpha value is -1.72. The second-order valence-electron chi connectivity index (χ2n) is 3.90. The van der Waals surface area contributed by atoms with Crippen LogP contribution in [0.5, 0.6) is 0 Å². The molecule has 0 aliphatic heterocycles. The van der Waals surface area contributed by atoms with Crippen molar-refractivity contribution in [3.05, 3.63) is 50.4 Å². The van der Waals surface area contributed by atoms with Gasteiger partial charge in [-0.05, 0) is 31.5 Å². The van der Waals surface area contributed by atoms with Crippen molar-refractivity contribution in [2.75, 3.05) is 0 Å². The fourth-order valence-electron chi connectivity index (χ4n) is 1.55. The minimum Gasteiger partial charge on any atom is -0.266 e. The van der Waals surface area contributed by atoms with E-state index in [1.807, 2.05) is 19.1 Å². The monoisotopic (exact) mass is 293 g/mol. The van der Waals surface area contributed by atoms with E-state index in [1.165, 1.54) is 11.3 Å². The lowest BCUT2D eigenvalue weighted by atomic mass is 10.2. The van der Waals surface area contributed by atoms with Gasteiger partial charge in [0.2, 0.25) is 0 Å². The summed E-state index contributed by atoms with van der Waals surface area (Å²) in [4.78, 5) is 16.6. The molecule has 0 bridgehead atoms. The fourth-order valence-corrected chi connectivity index (χ4v) is 2.55. The zero-order valence-corrected chi connectivity index (χ0v) is 12.0. The van der Waals surface area contributed by atoms with Gasteiger partial charge in [-0.25, -0.2) is 10.4 Å². The number of aromatic nitrogens is 1. The largest absolute Gasteiger partial charge is 0.283 e. The highest BCUT2D eigenvalue weighted by Gasteiger charge is 2.12. The maximum absolute atomic E-state index is 11.9. The number of thiazole rings is 1. The summed E-state index contributed by atoms with van der Waals surface area (Å²) in [6, 6.07) is 7.21. The van der Waals surface area contributed by atoms with Crippen molar-refractivity contribution in [3.63, 3.8) is 0 Å². The first kappa shape index (κ1) is 13.7. The summed E-state index contributed by atoms with van der Waals surface area (Å²) in [6.45, 7) is 3.67. The zero-order valence-electron chi connectivity index (χ0n) is 10.5. The molecule has 2 aromatic rings. The second kappa shape index (κ2) is 5.95. The molecule has 1 aromatic heterocycles. The normalized spacial score (nSPS) is 10.9. The summed E-state index contributed by atoms with van der Waals surface area (Å²) >= 11 is 7.20. The third-order valence-electron chi connectivity index (χ3n) is 2.34. The van der Waals surface area contributed by atoms with Crippen LogP contribution in [0.2, 0.25) is 5.02 Å². The van der Waals surface area contributed by atoms with Gasteiger partial charge in [-0.1, -0.05) is 23.7 Å². The Morgan fingerprint density at radius 3 is 2.89 bits per heavy atom. The highest BCUT2D eigenvalue weighted by Crippen LogP contribution is 2.16. The molecular formula is C13H12ClN3OS. The Balaban J connectivity index is 2.03. The first-order chi connectivity index (χ1) is 9.06. The van der Waals surface area contributed by atoms with E-state index < -0.39 is 0 Å². The quantitative estimate of drug-likeness (QED) is 0.698. The number of hydrogen-bond acceptors (Lipinski definition) is 4. The maximum atomic E-state index is 11.9. The number of hydrazone groups is 1. The molecule has 0 saturated heterocycles. The number of halogens is 1. The van der Waals surface area contributed by atoms with Gasteiger partial charge in [0.1, 0.15) is 4.88 Å². The Labute approximate surface area is 120 Å². The molecule has 1 aromatic carbocycles. The molecule has 1 amide bonds. The SMILES string of the molecule is Cc1nc(C)c(C(=O)N/N=C/c2cccc(Cl)c2)s1. The standard InChI is InChI=1S/C13H12ClN3OS/c1-8-12(19-9(2)16-8)13(18)17-15-7-10-4-3-5-11(14)6-10/h3-7H,1-2H3,(H,17,18)/b15-7+. The molecule has 4 nitrogen and oxygen atoms in total. The van der Waals surface area contributed by atoms with Crippen LogP contribution < -0.4 is 5.43 Å². The van der Waals surface area contributed by atoms with Crippen molar-refractivity contribution >= 4 is 35.1 Å². The van der Waals surface area contributed by atoms with Crippen molar-refractivity contribution < 1.29 is 4.79 Å². The molecular weight excluding hydrogens is 282 g/mol. The molecule has 19 heavy (non-hydrogen) atoms. The average molecular weight is 294 g/mol. The van der Waals surface area contributed by atoms with Crippen LogP contribution in [0.1, 0.15) is 25.9 Å². The summed E-state index contributed by atoms with van der Waals surface area (Å²) in [5.74, 6) is -0.249. The van der Waals surface area contributed by atoms with E-state index in [2.05, 4.69) is 15.5 Å². The van der Waals surface area contributed by atoms with Gasteiger partial charge < -0.3 is 0 Å². The number of nitrogens with one attached hydrogen (secondary N) is 1. The van der Waals surface area contributed by atoms with Crippen LogP contribution in [0, 0.1) is 13.8 Å². The minimum absolute atomic E-state index is 0.249. The molecule has 1 heterocycles. The summed E-state index contributed by atoms with van der Waals surface area (Å²) in [7, 11) is 0. The topological polar surface area (TPSA) is 54.4 Å². The van der Waals surface area contributed by atoms with E-state index >= 15 is 0 Å². The van der Waals surface area contributed by atoms with Crippen LogP contribution in [0.3, 0.4) is 0 Å². The summed E-state index contributed by atoms with van der Waals surface area (Å²) in [5, 5.41) is 5.40. The highest BCUT2D eigenvalue weighted by molar-refractivity contribution is 7.13. The van der Waals surface area contributed by atoms with Gasteiger partial charge in [0.05, 0.1) is 16.9 Å². The van der Waals surface area contributed by atoms with Gasteiger partial charge in [-0.15, -0.1) is 11.3 Å². The lowest BCUT2D eigenvalue weighted by Gasteiger charge is -1.97. The number of nitrogens with zero attached hydrogens (tertiary/aromatic N) is 2. The Bertz CT molecular complexity index is 637. The van der Waals surface area contributed by atoms with Gasteiger partial charge in [0, 0.05) is 5.02 Å². The lowest BCUT2D eigenvalue weighted by molar-refractivity contribution is 0.0958. The van der Waals surface area contributed by atoms with E-state index in [9.17, 15) is 4.79 Å². The lowest BCUT2D eigenvalue weighted by Crippen LogP contribution is -2.17. The van der Waals surface area contributed by atoms with Gasteiger partial charge >= 0.3 is 0 Å². The summed E-state index contributed by atoms with van der Waals surface area (Å²) < 4.78 is 0. The molecule has 98 valence electrons. The van der Waals surface area contributed by atoms with Gasteiger partial charge in [0.25, 0.3) is 5.91 Å². The number of carbonyl (C=O) groups is 1. The Morgan fingerprint density at radius 1 is 1.47 bits per heavy atom. The first-order valence-corrected chi connectivity index (χ1v) is 6.78. The molecule has 6 heteroatoms. The Morgan fingerprint density at radius 2 is 2.26 bits per heavy atom. The molecule has 0 unspecified atom stereocenters. The predicted octanol–water partition coefficient (Wildman–Crippen LogP) is 3.18. The van der Waals surface area contributed by atoms with E-state index in [0.29, 0.717) is 9.90 Å². The number of benzene rings is 1. The van der Waals surface area contributed by atoms with Crippen LogP contribution in [0.25, 0.3) is 0 Å². The molecule has 0 aliphatic rings. The summed E-state index contributed by atoms with van der Waals surface area (Å²) in [5.41, 5.74) is 4.02. The number of rotatable bonds is 3. The van der Waals surface area contributed by atoms with E-state index in [1.54, 1.807) is 25.3 Å². The maximum Gasteiger partial charge on any atom is 0.283 e. The number of carbonyl (C=O) groups excluding carboxylic acids is 1. The third kappa shape index (κ3) is 3.62. The summed E-state index contributed by atoms with van der Waals surface area (Å²) in [6.07, 6.45) is 1.55. The number of hydrogen-bond donors (Lipinski definition) is 1. The van der Waals surface area contributed by atoms with Crippen LogP contribution in [0.4, 0.5) is 0 Å². The van der Waals surface area contributed by atoms with Gasteiger partial charge in [-0.3, -0.25) is 4.79 Å². The fraction of sp³-hybridized carbons (Fsp3) is 0.154. The molecule has 0 spiro atoms. The molecule has 0 saturated carbocycles. The van der Waals surface area contributed by atoms with Crippen molar-refractivity contribution in [2.45, 2.75) is 13.8 Å². The molecule has 0 fully saturated rings. The average Bonchev–Trinajstić information content (AvgIpc) is 2.68. The molecule has 0 aliphatic carbocycles. The number of aryl methyl sites for hydroxylation is 2. The highest BCUT2D eigenvalue weighted by atomic mass is 35.5. The number of amides is 1. The second-order valence-corrected chi connectivity index (χ2v) is 5.54. The van der Waals surface area contributed by atoms with E-state index in [-0.39, 0.29) is 5.91 Å². The molecule has 0 atom stereocenters. The Kier molecular flexibility index (Phi) is 4.29. The molecule has 2 rings (SSSR count). The van der Waals surface area contributed by atoms with Crippen LogP contribution in [-0.4, -0.2) is 17.1 Å². The third-order valence-corrected chi connectivity index (χ3v) is 3.64. The van der Waals surface area contributed by atoms with Crippen LogP contribution in [-0.2, 0) is 0 Å². The molecule has 0 radical (unpaired) electrons. The van der Waals surface area contributed by atoms with Gasteiger partial charge in [-0.2, -0.15) is 5.10 Å². The van der Waals surface area contributed by atoms with Crippen LogP contribution in [0.15, 0.2) is 29.4 Å². The smallest absolute Gasteiger partial charge is 0.266 e.